The van der Waals surface area contributed by atoms with Gasteiger partial charge in [0.2, 0.25) is 0 Å². The Kier molecular flexibility index (Phi) is 4.10. The lowest BCUT2D eigenvalue weighted by Crippen LogP contribution is -2.53. The van der Waals surface area contributed by atoms with E-state index in [9.17, 15) is 4.79 Å². The number of thiophene rings is 1. The maximum Gasteiger partial charge on any atom is 0.320 e. The van der Waals surface area contributed by atoms with Crippen LogP contribution < -0.4 is 0 Å². The molecule has 2 aliphatic rings. The van der Waals surface area contributed by atoms with E-state index in [1.807, 2.05) is 23.6 Å². The van der Waals surface area contributed by atoms with Crippen LogP contribution in [0.5, 0.6) is 0 Å². The van der Waals surface area contributed by atoms with Gasteiger partial charge in [0.05, 0.1) is 24.1 Å². The van der Waals surface area contributed by atoms with Crippen molar-refractivity contribution in [1.82, 2.24) is 19.8 Å². The fourth-order valence-electron chi connectivity index (χ4n) is 3.59. The lowest BCUT2D eigenvalue weighted by molar-refractivity contribution is -0.0585. The lowest BCUT2D eigenvalue weighted by Gasteiger charge is -2.39. The van der Waals surface area contributed by atoms with Crippen molar-refractivity contribution in [3.8, 4) is 0 Å². The topological polar surface area (TPSA) is 58.6 Å². The van der Waals surface area contributed by atoms with Gasteiger partial charge >= 0.3 is 6.03 Å². The van der Waals surface area contributed by atoms with Crippen molar-refractivity contribution in [3.63, 3.8) is 0 Å². The highest BCUT2D eigenvalue weighted by Gasteiger charge is 2.32. The lowest BCUT2D eigenvalue weighted by atomic mass is 10.1. The third-order valence-electron chi connectivity index (χ3n) is 4.55. The average molecular weight is 367 g/mol. The van der Waals surface area contributed by atoms with E-state index in [1.165, 1.54) is 16.8 Å². The molecule has 24 heavy (non-hydrogen) atoms. The Bertz CT molecular complexity index is 786. The van der Waals surface area contributed by atoms with Crippen molar-refractivity contribution in [2.24, 2.45) is 0 Å². The molecule has 0 spiro atoms. The number of halogens is 1. The highest BCUT2D eigenvalue weighted by molar-refractivity contribution is 7.19. The fourth-order valence-corrected chi connectivity index (χ4v) is 5.09. The van der Waals surface area contributed by atoms with Crippen LogP contribution in [0.25, 0.3) is 10.2 Å². The molecule has 2 amide bonds. The van der Waals surface area contributed by atoms with Crippen LogP contribution in [0.15, 0.2) is 6.33 Å². The first-order valence-corrected chi connectivity index (χ1v) is 9.32. The summed E-state index contributed by atoms with van der Waals surface area (Å²) in [6, 6.07) is 0.0947. The molecule has 1 saturated heterocycles. The zero-order chi connectivity index (χ0) is 16.8. The maximum absolute atomic E-state index is 12.9. The summed E-state index contributed by atoms with van der Waals surface area (Å²) in [5, 5.41) is 1.47. The molecule has 1 fully saturated rings. The van der Waals surface area contributed by atoms with Crippen LogP contribution in [0.1, 0.15) is 24.3 Å². The Morgan fingerprint density at radius 3 is 2.79 bits per heavy atom. The molecule has 2 aromatic rings. The summed E-state index contributed by atoms with van der Waals surface area (Å²) in [6.45, 7) is 6.63. The molecule has 2 aromatic heterocycles. The van der Waals surface area contributed by atoms with E-state index in [-0.39, 0.29) is 18.2 Å². The van der Waals surface area contributed by atoms with Gasteiger partial charge in [-0.15, -0.1) is 11.3 Å². The van der Waals surface area contributed by atoms with Crippen molar-refractivity contribution >= 4 is 39.2 Å². The molecular weight excluding hydrogens is 348 g/mol. The monoisotopic (exact) mass is 366 g/mol. The molecule has 0 unspecified atom stereocenters. The number of nitrogens with zero attached hydrogens (tertiary/aromatic N) is 4. The summed E-state index contributed by atoms with van der Waals surface area (Å²) >= 11 is 7.85. The molecule has 0 aliphatic carbocycles. The van der Waals surface area contributed by atoms with Crippen molar-refractivity contribution < 1.29 is 9.53 Å². The minimum Gasteiger partial charge on any atom is -0.372 e. The molecule has 0 radical (unpaired) electrons. The summed E-state index contributed by atoms with van der Waals surface area (Å²) in [4.78, 5) is 27.2. The smallest absolute Gasteiger partial charge is 0.320 e. The number of morpholine rings is 1. The van der Waals surface area contributed by atoms with E-state index in [0.29, 0.717) is 31.3 Å². The second kappa shape index (κ2) is 6.13. The first kappa shape index (κ1) is 16.1. The van der Waals surface area contributed by atoms with Crippen LogP contribution >= 0.6 is 22.9 Å². The molecule has 2 atom stereocenters. The van der Waals surface area contributed by atoms with E-state index in [4.69, 9.17) is 16.3 Å². The SMILES string of the molecule is C[C@H]1CN(C(=O)N2CCc3c(sc4ncnc(Cl)c34)C2)C[C@H](C)O1. The Balaban J connectivity index is 1.57. The number of fused-ring (bicyclic) bond motifs is 3. The second-order valence-electron chi connectivity index (χ2n) is 6.46. The number of urea groups is 1. The molecule has 2 aliphatic heterocycles. The van der Waals surface area contributed by atoms with E-state index < -0.39 is 0 Å². The van der Waals surface area contributed by atoms with Gasteiger partial charge < -0.3 is 14.5 Å². The highest BCUT2D eigenvalue weighted by atomic mass is 35.5. The number of ether oxygens (including phenoxy) is 1. The summed E-state index contributed by atoms with van der Waals surface area (Å²) in [5.41, 5.74) is 1.20. The first-order valence-electron chi connectivity index (χ1n) is 8.13. The van der Waals surface area contributed by atoms with Gasteiger partial charge in [0.1, 0.15) is 16.3 Å². The first-order chi connectivity index (χ1) is 11.5. The van der Waals surface area contributed by atoms with E-state index in [2.05, 4.69) is 9.97 Å². The van der Waals surface area contributed by atoms with Gasteiger partial charge in [-0.1, -0.05) is 11.6 Å². The quantitative estimate of drug-likeness (QED) is 0.673. The highest BCUT2D eigenvalue weighted by Crippen LogP contribution is 2.37. The predicted octanol–water partition coefficient (Wildman–Crippen LogP) is 2.93. The summed E-state index contributed by atoms with van der Waals surface area (Å²) < 4.78 is 5.72. The summed E-state index contributed by atoms with van der Waals surface area (Å²) in [6.07, 6.45) is 2.45. The van der Waals surface area contributed by atoms with Gasteiger partial charge in [-0.25, -0.2) is 14.8 Å². The molecule has 0 aromatic carbocycles. The fraction of sp³-hybridized carbons (Fsp3) is 0.562. The van der Waals surface area contributed by atoms with Crippen LogP contribution in [0, 0.1) is 0 Å². The molecule has 6 nitrogen and oxygen atoms in total. The molecule has 4 heterocycles. The van der Waals surface area contributed by atoms with Crippen LogP contribution in [0.2, 0.25) is 5.15 Å². The minimum atomic E-state index is 0.0801. The number of aromatic nitrogens is 2. The van der Waals surface area contributed by atoms with E-state index >= 15 is 0 Å². The van der Waals surface area contributed by atoms with E-state index in [0.717, 1.165) is 16.6 Å². The predicted molar refractivity (Wildman–Crippen MR) is 93.5 cm³/mol. The Morgan fingerprint density at radius 1 is 1.29 bits per heavy atom. The zero-order valence-corrected chi connectivity index (χ0v) is 15.2. The number of carbonyl (C=O) groups is 1. The van der Waals surface area contributed by atoms with Gasteiger partial charge in [0.25, 0.3) is 0 Å². The van der Waals surface area contributed by atoms with E-state index in [1.54, 1.807) is 11.3 Å². The minimum absolute atomic E-state index is 0.0801. The standard InChI is InChI=1S/C16H19ClN4O2S/c1-9-5-21(6-10(2)23-9)16(22)20-4-3-11-12(7-20)24-15-13(11)14(17)18-8-19-15/h8-10H,3-7H2,1-2H3/t9-,10-/m0/s1. The maximum atomic E-state index is 12.9. The molecule has 0 N–H and O–H groups in total. The number of carbonyl (C=O) groups excluding carboxylic acids is 1. The average Bonchev–Trinajstić information content (AvgIpc) is 2.92. The van der Waals surface area contributed by atoms with Crippen LogP contribution in [0.4, 0.5) is 4.79 Å². The van der Waals surface area contributed by atoms with Crippen molar-refractivity contribution in [2.45, 2.75) is 39.0 Å². The summed E-state index contributed by atoms with van der Waals surface area (Å²) in [7, 11) is 0. The van der Waals surface area contributed by atoms with Gasteiger partial charge in [-0.3, -0.25) is 0 Å². The third kappa shape index (κ3) is 2.74. The molecule has 128 valence electrons. The van der Waals surface area contributed by atoms with Crippen molar-refractivity contribution in [2.75, 3.05) is 19.6 Å². The van der Waals surface area contributed by atoms with Gasteiger partial charge in [0.15, 0.2) is 0 Å². The van der Waals surface area contributed by atoms with Crippen molar-refractivity contribution in [1.29, 1.82) is 0 Å². The molecule has 8 heteroatoms. The van der Waals surface area contributed by atoms with Gasteiger partial charge in [-0.05, 0) is 25.8 Å². The van der Waals surface area contributed by atoms with Gasteiger partial charge in [0, 0.05) is 24.5 Å². The second-order valence-corrected chi connectivity index (χ2v) is 7.91. The molecular formula is C16H19ClN4O2S. The number of amides is 2. The number of rotatable bonds is 0. The number of hydrogen-bond donors (Lipinski definition) is 0. The molecule has 0 saturated carbocycles. The molecule has 0 bridgehead atoms. The Labute approximate surface area is 149 Å². The number of hydrogen-bond acceptors (Lipinski definition) is 5. The van der Waals surface area contributed by atoms with Crippen LogP contribution in [0.3, 0.4) is 0 Å². The largest absolute Gasteiger partial charge is 0.372 e. The third-order valence-corrected chi connectivity index (χ3v) is 5.96. The zero-order valence-electron chi connectivity index (χ0n) is 13.7. The van der Waals surface area contributed by atoms with Crippen LogP contribution in [-0.2, 0) is 17.7 Å². The Hall–Kier alpha value is -1.44. The normalized spacial score (nSPS) is 24.3. The summed E-state index contributed by atoms with van der Waals surface area (Å²) in [5.74, 6) is 0. The van der Waals surface area contributed by atoms with Crippen molar-refractivity contribution in [3.05, 3.63) is 21.9 Å². The Morgan fingerprint density at radius 2 is 2.04 bits per heavy atom. The van der Waals surface area contributed by atoms with Crippen LogP contribution in [-0.4, -0.2) is 57.6 Å². The van der Waals surface area contributed by atoms with Gasteiger partial charge in [-0.2, -0.15) is 0 Å². The molecule has 4 rings (SSSR count).